The molecule has 0 aromatic carbocycles. The third-order valence-corrected chi connectivity index (χ3v) is 11.3. The topological polar surface area (TPSA) is 98.0 Å². The van der Waals surface area contributed by atoms with E-state index >= 15 is 0 Å². The first-order valence-electron chi connectivity index (χ1n) is 18.2. The summed E-state index contributed by atoms with van der Waals surface area (Å²) in [5.74, 6) is 0.456. The molecule has 272 valence electrons. The second-order valence-electron chi connectivity index (χ2n) is 15.5. The fraction of sp³-hybridized carbons (Fsp3) is 0.564. The number of piperidine rings is 1. The minimum Gasteiger partial charge on any atom is -0.476 e. The lowest BCUT2D eigenvalue weighted by molar-refractivity contribution is -0.125. The van der Waals surface area contributed by atoms with Gasteiger partial charge in [-0.2, -0.15) is 4.98 Å². The van der Waals surface area contributed by atoms with Crippen LogP contribution in [0.4, 0.5) is 8.78 Å². The van der Waals surface area contributed by atoms with E-state index < -0.39 is 23.6 Å². The van der Waals surface area contributed by atoms with E-state index in [1.807, 2.05) is 27.0 Å². The van der Waals surface area contributed by atoms with Crippen LogP contribution >= 0.6 is 0 Å². The van der Waals surface area contributed by atoms with Gasteiger partial charge in [0.15, 0.2) is 5.65 Å². The van der Waals surface area contributed by atoms with Gasteiger partial charge in [0.2, 0.25) is 17.6 Å². The summed E-state index contributed by atoms with van der Waals surface area (Å²) < 4.78 is 41.5. The summed E-state index contributed by atoms with van der Waals surface area (Å²) in [5.41, 5.74) is 5.66. The molecule has 0 amide bonds. The highest BCUT2D eigenvalue weighted by Gasteiger charge is 2.49. The summed E-state index contributed by atoms with van der Waals surface area (Å²) in [6.45, 7) is 17.3. The van der Waals surface area contributed by atoms with E-state index in [-0.39, 0.29) is 11.4 Å². The molecule has 0 unspecified atom stereocenters. The SMILES string of the molecule is CC(=O)C(C)(C)[C@@H](c1cc(CN2Cc3cc(C)c(OCCN4CCCCC4)nc3OC3(CC3)C2)c(C)cn1)c1ccn2c(C(F)F)nnc2c1C. The molecule has 3 aliphatic rings. The quantitative estimate of drug-likeness (QED) is 0.165. The van der Waals surface area contributed by atoms with Crippen LogP contribution < -0.4 is 9.47 Å². The monoisotopic (exact) mass is 701 g/mol. The average molecular weight is 702 g/mol. The van der Waals surface area contributed by atoms with Crippen LogP contribution in [0.3, 0.4) is 0 Å². The number of carbonyl (C=O) groups is 1. The van der Waals surface area contributed by atoms with Crippen LogP contribution in [0.2, 0.25) is 0 Å². The van der Waals surface area contributed by atoms with Gasteiger partial charge in [-0.05, 0) is 107 Å². The van der Waals surface area contributed by atoms with Gasteiger partial charge in [0.1, 0.15) is 18.0 Å². The average Bonchev–Trinajstić information content (AvgIpc) is 3.72. The van der Waals surface area contributed by atoms with Crippen LogP contribution in [0, 0.1) is 26.2 Å². The molecular weight excluding hydrogens is 652 g/mol. The molecule has 10 nitrogen and oxygen atoms in total. The van der Waals surface area contributed by atoms with Crippen molar-refractivity contribution < 1.29 is 23.0 Å². The summed E-state index contributed by atoms with van der Waals surface area (Å²) in [6.07, 6.45) is 6.46. The Labute approximate surface area is 298 Å². The van der Waals surface area contributed by atoms with Crippen molar-refractivity contribution in [2.24, 2.45) is 5.41 Å². The van der Waals surface area contributed by atoms with Gasteiger partial charge in [-0.3, -0.25) is 24.0 Å². The predicted octanol–water partition coefficient (Wildman–Crippen LogP) is 6.92. The number of fused-ring (bicyclic) bond motifs is 2. The van der Waals surface area contributed by atoms with Crippen molar-refractivity contribution in [1.82, 2.24) is 34.4 Å². The number of pyridine rings is 3. The van der Waals surface area contributed by atoms with E-state index in [2.05, 4.69) is 46.0 Å². The van der Waals surface area contributed by atoms with Crippen molar-refractivity contribution in [2.45, 2.75) is 105 Å². The third kappa shape index (κ3) is 7.09. The number of Topliss-reactive ketones (excluding diaryl/α,β-unsaturated/α-hetero) is 1. The molecule has 1 atom stereocenters. The zero-order valence-corrected chi connectivity index (χ0v) is 30.6. The zero-order chi connectivity index (χ0) is 36.1. The van der Waals surface area contributed by atoms with Gasteiger partial charge in [0.05, 0.1) is 0 Å². The highest BCUT2D eigenvalue weighted by molar-refractivity contribution is 5.83. The van der Waals surface area contributed by atoms with Crippen molar-refractivity contribution >= 4 is 11.4 Å². The lowest BCUT2D eigenvalue weighted by Crippen LogP contribution is -2.34. The van der Waals surface area contributed by atoms with Crippen LogP contribution in [-0.4, -0.2) is 78.5 Å². The Balaban J connectivity index is 1.17. The predicted molar refractivity (Wildman–Crippen MR) is 189 cm³/mol. The summed E-state index contributed by atoms with van der Waals surface area (Å²) in [7, 11) is 0. The highest BCUT2D eigenvalue weighted by Crippen LogP contribution is 2.46. The molecule has 7 rings (SSSR count). The molecule has 1 saturated carbocycles. The molecular formula is C39H49F2N7O3. The molecule has 0 bridgehead atoms. The van der Waals surface area contributed by atoms with Crippen LogP contribution in [0.1, 0.15) is 110 Å². The standard InChI is InChI=1S/C39H49F2N7O3/c1-24-18-29-22-47(23-39(11-12-39)51-37(29)43-36(24)50-17-16-46-13-8-7-9-14-46)21-28-19-31(42-20-25(28)2)32(38(5,6)27(4)49)30-10-15-48-34(26(30)3)44-45-35(48)33(40)41/h10,15,18-20,32-33H,7-9,11-14,16-17,21-23H2,1-6H3/t32-/m1/s1. The van der Waals surface area contributed by atoms with E-state index in [4.69, 9.17) is 19.4 Å². The van der Waals surface area contributed by atoms with Crippen molar-refractivity contribution in [2.75, 3.05) is 32.8 Å². The maximum atomic E-state index is 13.7. The third-order valence-electron chi connectivity index (χ3n) is 11.3. The number of rotatable bonds is 11. The number of aryl methyl sites for hydroxylation is 3. The second-order valence-corrected chi connectivity index (χ2v) is 15.5. The Morgan fingerprint density at radius 2 is 1.82 bits per heavy atom. The van der Waals surface area contributed by atoms with Gasteiger partial charge in [-0.15, -0.1) is 10.2 Å². The van der Waals surface area contributed by atoms with E-state index in [1.54, 1.807) is 19.2 Å². The molecule has 0 radical (unpaired) electrons. The number of carbonyl (C=O) groups excluding carboxylic acids is 1. The van der Waals surface area contributed by atoms with Gasteiger partial charge in [0.25, 0.3) is 6.43 Å². The number of ketones is 1. The maximum Gasteiger partial charge on any atom is 0.297 e. The summed E-state index contributed by atoms with van der Waals surface area (Å²) in [6, 6.07) is 6.07. The zero-order valence-electron chi connectivity index (χ0n) is 30.6. The van der Waals surface area contributed by atoms with Gasteiger partial charge in [0, 0.05) is 66.7 Å². The fourth-order valence-electron chi connectivity index (χ4n) is 7.74. The molecule has 1 aliphatic carbocycles. The number of halogens is 2. The van der Waals surface area contributed by atoms with Gasteiger partial charge >= 0.3 is 0 Å². The smallest absolute Gasteiger partial charge is 0.297 e. The molecule has 4 aromatic heterocycles. The molecule has 0 N–H and O–H groups in total. The minimum atomic E-state index is -2.76. The number of likely N-dealkylation sites (tertiary alicyclic amines) is 1. The molecule has 2 aliphatic heterocycles. The highest BCUT2D eigenvalue weighted by atomic mass is 19.3. The first kappa shape index (κ1) is 35.4. The van der Waals surface area contributed by atoms with Crippen LogP contribution in [0.5, 0.6) is 11.8 Å². The van der Waals surface area contributed by atoms with Crippen molar-refractivity contribution in [3.05, 3.63) is 75.5 Å². The van der Waals surface area contributed by atoms with Crippen LogP contribution in [0.25, 0.3) is 5.65 Å². The Hall–Kier alpha value is -4.03. The summed E-state index contributed by atoms with van der Waals surface area (Å²) in [5, 5.41) is 7.85. The molecule has 51 heavy (non-hydrogen) atoms. The van der Waals surface area contributed by atoms with Crippen molar-refractivity contribution in [1.29, 1.82) is 0 Å². The van der Waals surface area contributed by atoms with Crippen molar-refractivity contribution in [3.63, 3.8) is 0 Å². The molecule has 4 aromatic rings. The Morgan fingerprint density at radius 1 is 1.06 bits per heavy atom. The molecule has 1 spiro atoms. The van der Waals surface area contributed by atoms with E-state index in [1.165, 1.54) is 23.7 Å². The minimum absolute atomic E-state index is 0.0000904. The van der Waals surface area contributed by atoms with Crippen LogP contribution in [-0.2, 0) is 17.9 Å². The fourth-order valence-corrected chi connectivity index (χ4v) is 7.74. The molecule has 6 heterocycles. The largest absolute Gasteiger partial charge is 0.476 e. The Morgan fingerprint density at radius 3 is 2.53 bits per heavy atom. The van der Waals surface area contributed by atoms with Gasteiger partial charge in [-0.1, -0.05) is 20.3 Å². The van der Waals surface area contributed by atoms with Crippen LogP contribution in [0.15, 0.2) is 30.6 Å². The number of hydrogen-bond donors (Lipinski definition) is 0. The molecule has 2 fully saturated rings. The van der Waals surface area contributed by atoms with Gasteiger partial charge in [-0.25, -0.2) is 8.78 Å². The Kier molecular flexibility index (Phi) is 9.60. The maximum absolute atomic E-state index is 13.7. The number of hydrogen-bond acceptors (Lipinski definition) is 9. The first-order valence-corrected chi connectivity index (χ1v) is 18.2. The first-order chi connectivity index (χ1) is 24.3. The number of aromatic nitrogens is 5. The van der Waals surface area contributed by atoms with E-state index in [9.17, 15) is 13.6 Å². The molecule has 12 heteroatoms. The number of nitrogens with zero attached hydrogens (tertiary/aromatic N) is 7. The summed E-state index contributed by atoms with van der Waals surface area (Å²) >= 11 is 0. The van der Waals surface area contributed by atoms with Gasteiger partial charge < -0.3 is 9.47 Å². The number of alkyl halides is 2. The number of ether oxygens (including phenoxy) is 2. The normalized spacial score (nSPS) is 18.5. The summed E-state index contributed by atoms with van der Waals surface area (Å²) in [4.78, 5) is 27.9. The lowest BCUT2D eigenvalue weighted by Gasteiger charge is -2.34. The Bertz CT molecular complexity index is 1930. The molecule has 1 saturated heterocycles. The van der Waals surface area contributed by atoms with E-state index in [0.717, 1.165) is 72.5 Å². The lowest BCUT2D eigenvalue weighted by atomic mass is 9.69. The second kappa shape index (κ2) is 13.8. The van der Waals surface area contributed by atoms with Crippen molar-refractivity contribution in [3.8, 4) is 11.8 Å². The van der Waals surface area contributed by atoms with E-state index in [0.29, 0.717) is 42.7 Å².